The van der Waals surface area contributed by atoms with Crippen molar-refractivity contribution in [2.24, 2.45) is 11.8 Å². The topological polar surface area (TPSA) is 58.1 Å². The highest BCUT2D eigenvalue weighted by molar-refractivity contribution is 7.10. The van der Waals surface area contributed by atoms with E-state index in [9.17, 15) is 4.79 Å². The van der Waals surface area contributed by atoms with Crippen LogP contribution in [-0.2, 0) is 11.3 Å². The number of hydrogen-bond donors (Lipinski definition) is 1. The van der Waals surface area contributed by atoms with Crippen LogP contribution in [0.1, 0.15) is 26.0 Å². The Labute approximate surface area is 105 Å². The van der Waals surface area contributed by atoms with Gasteiger partial charge in [-0.25, -0.2) is 0 Å². The molecule has 1 aromatic rings. The zero-order chi connectivity index (χ0) is 12.4. The Balaban J connectivity index is 2.03. The summed E-state index contributed by atoms with van der Waals surface area (Å²) in [5.41, 5.74) is 0.871. The van der Waals surface area contributed by atoms with Gasteiger partial charge in [-0.2, -0.15) is 0 Å². The van der Waals surface area contributed by atoms with Crippen molar-refractivity contribution in [1.29, 1.82) is 0 Å². The lowest BCUT2D eigenvalue weighted by Gasteiger charge is -2.17. The second-order valence-electron chi connectivity index (χ2n) is 4.78. The van der Waals surface area contributed by atoms with E-state index in [1.807, 2.05) is 11.9 Å². The van der Waals surface area contributed by atoms with E-state index in [1.165, 1.54) is 11.5 Å². The van der Waals surface area contributed by atoms with E-state index < -0.39 is 0 Å². The van der Waals surface area contributed by atoms with Crippen molar-refractivity contribution < 1.29 is 4.79 Å². The number of aromatic nitrogens is 2. The smallest absolute Gasteiger partial charge is 0.223 e. The van der Waals surface area contributed by atoms with Gasteiger partial charge >= 0.3 is 0 Å². The standard InChI is InChI=1S/C11H18N4OS/c1-7(2)8-4-10(16)15(5-8)6-9-11(12-3)17-14-13-9/h7-8,12H,4-6H2,1-3H3. The number of carbonyl (C=O) groups is 1. The lowest BCUT2D eigenvalue weighted by molar-refractivity contribution is -0.128. The number of nitrogens with zero attached hydrogens (tertiary/aromatic N) is 3. The summed E-state index contributed by atoms with van der Waals surface area (Å²) in [7, 11) is 1.85. The van der Waals surface area contributed by atoms with Gasteiger partial charge in [0.25, 0.3) is 0 Å². The van der Waals surface area contributed by atoms with Crippen LogP contribution in [0.5, 0.6) is 0 Å². The van der Waals surface area contributed by atoms with Crippen molar-refractivity contribution in [3.8, 4) is 0 Å². The lowest BCUT2D eigenvalue weighted by atomic mass is 9.95. The predicted octanol–water partition coefficient (Wildman–Crippen LogP) is 1.58. The normalized spacial score (nSPS) is 20.4. The van der Waals surface area contributed by atoms with Crippen LogP contribution in [0.2, 0.25) is 0 Å². The summed E-state index contributed by atoms with van der Waals surface area (Å²) in [4.78, 5) is 13.8. The van der Waals surface area contributed by atoms with E-state index in [2.05, 4.69) is 28.8 Å². The van der Waals surface area contributed by atoms with Crippen LogP contribution in [0.3, 0.4) is 0 Å². The monoisotopic (exact) mass is 254 g/mol. The first-order chi connectivity index (χ1) is 8.11. The molecule has 1 atom stereocenters. The first kappa shape index (κ1) is 12.3. The predicted molar refractivity (Wildman–Crippen MR) is 67.8 cm³/mol. The average Bonchev–Trinajstić information content (AvgIpc) is 2.87. The Morgan fingerprint density at radius 2 is 2.35 bits per heavy atom. The van der Waals surface area contributed by atoms with Crippen LogP contribution in [0.4, 0.5) is 5.00 Å². The fraction of sp³-hybridized carbons (Fsp3) is 0.727. The Bertz CT molecular complexity index is 404. The van der Waals surface area contributed by atoms with Gasteiger partial charge in [0.1, 0.15) is 10.7 Å². The van der Waals surface area contributed by atoms with Gasteiger partial charge in [0.15, 0.2) is 0 Å². The maximum Gasteiger partial charge on any atom is 0.223 e. The van der Waals surface area contributed by atoms with Crippen molar-refractivity contribution in [3.63, 3.8) is 0 Å². The molecule has 1 N–H and O–H groups in total. The summed E-state index contributed by atoms with van der Waals surface area (Å²) in [6.45, 7) is 5.77. The van der Waals surface area contributed by atoms with Gasteiger partial charge < -0.3 is 10.2 Å². The van der Waals surface area contributed by atoms with E-state index in [0.717, 1.165) is 17.2 Å². The Hall–Kier alpha value is -1.17. The molecule has 17 heavy (non-hydrogen) atoms. The Kier molecular flexibility index (Phi) is 3.61. The van der Waals surface area contributed by atoms with E-state index in [1.54, 1.807) is 0 Å². The maximum absolute atomic E-state index is 11.9. The SMILES string of the molecule is CNc1snnc1CN1CC(C(C)C)CC1=O. The number of carbonyl (C=O) groups excluding carboxylic acids is 1. The van der Waals surface area contributed by atoms with Crippen molar-refractivity contribution in [2.45, 2.75) is 26.8 Å². The van der Waals surface area contributed by atoms with Crippen molar-refractivity contribution in [1.82, 2.24) is 14.5 Å². The van der Waals surface area contributed by atoms with Crippen LogP contribution in [0.25, 0.3) is 0 Å². The van der Waals surface area contributed by atoms with Crippen molar-refractivity contribution in [3.05, 3.63) is 5.69 Å². The molecule has 0 saturated carbocycles. The molecule has 0 aromatic carbocycles. The number of amides is 1. The molecular weight excluding hydrogens is 236 g/mol. The quantitative estimate of drug-likeness (QED) is 0.886. The highest BCUT2D eigenvalue weighted by Crippen LogP contribution is 2.27. The number of hydrogen-bond acceptors (Lipinski definition) is 5. The third-order valence-corrected chi connectivity index (χ3v) is 4.10. The first-order valence-electron chi connectivity index (χ1n) is 5.88. The van der Waals surface area contributed by atoms with Gasteiger partial charge in [-0.05, 0) is 11.8 Å². The minimum atomic E-state index is 0.235. The first-order valence-corrected chi connectivity index (χ1v) is 6.66. The van der Waals surface area contributed by atoms with E-state index >= 15 is 0 Å². The summed E-state index contributed by atoms with van der Waals surface area (Å²) in [5, 5.41) is 8.07. The third kappa shape index (κ3) is 2.57. The highest BCUT2D eigenvalue weighted by Gasteiger charge is 2.32. The molecule has 1 saturated heterocycles. The van der Waals surface area contributed by atoms with Crippen LogP contribution in [0, 0.1) is 11.8 Å². The van der Waals surface area contributed by atoms with E-state index in [0.29, 0.717) is 24.8 Å². The van der Waals surface area contributed by atoms with Gasteiger partial charge in [-0.1, -0.05) is 18.3 Å². The highest BCUT2D eigenvalue weighted by atomic mass is 32.1. The minimum Gasteiger partial charge on any atom is -0.377 e. The molecule has 2 rings (SSSR count). The Morgan fingerprint density at radius 1 is 1.59 bits per heavy atom. The molecule has 6 heteroatoms. The summed E-state index contributed by atoms with van der Waals surface area (Å²) >= 11 is 1.33. The molecule has 1 fully saturated rings. The fourth-order valence-electron chi connectivity index (χ4n) is 2.08. The van der Waals surface area contributed by atoms with Gasteiger partial charge in [0.05, 0.1) is 6.54 Å². The zero-order valence-corrected chi connectivity index (χ0v) is 11.3. The third-order valence-electron chi connectivity index (χ3n) is 3.31. The number of nitrogens with one attached hydrogen (secondary N) is 1. The molecule has 1 unspecified atom stereocenters. The molecule has 0 spiro atoms. The van der Waals surface area contributed by atoms with Gasteiger partial charge in [0, 0.05) is 31.5 Å². The molecule has 0 aliphatic carbocycles. The summed E-state index contributed by atoms with van der Waals surface area (Å²) in [5.74, 6) is 1.27. The molecule has 2 heterocycles. The molecule has 0 bridgehead atoms. The Morgan fingerprint density at radius 3 is 2.94 bits per heavy atom. The molecule has 94 valence electrons. The van der Waals surface area contributed by atoms with Crippen molar-refractivity contribution >= 4 is 22.4 Å². The molecule has 1 amide bonds. The minimum absolute atomic E-state index is 0.235. The number of rotatable bonds is 4. The van der Waals surface area contributed by atoms with Crippen LogP contribution < -0.4 is 5.32 Å². The largest absolute Gasteiger partial charge is 0.377 e. The second-order valence-corrected chi connectivity index (χ2v) is 5.54. The number of likely N-dealkylation sites (tertiary alicyclic amines) is 1. The van der Waals surface area contributed by atoms with Gasteiger partial charge in [-0.15, -0.1) is 5.10 Å². The molecule has 0 radical (unpaired) electrons. The summed E-state index contributed by atoms with van der Waals surface area (Å²) in [6.07, 6.45) is 0.671. The molecule has 1 aliphatic heterocycles. The van der Waals surface area contributed by atoms with Crippen LogP contribution in [0.15, 0.2) is 0 Å². The molecular formula is C11H18N4OS. The summed E-state index contributed by atoms with van der Waals surface area (Å²) in [6, 6.07) is 0. The molecule has 5 nitrogen and oxygen atoms in total. The van der Waals surface area contributed by atoms with E-state index in [4.69, 9.17) is 0 Å². The summed E-state index contributed by atoms with van der Waals surface area (Å²) < 4.78 is 3.91. The van der Waals surface area contributed by atoms with Crippen LogP contribution in [-0.4, -0.2) is 34.0 Å². The van der Waals surface area contributed by atoms with Gasteiger partial charge in [0.2, 0.25) is 5.91 Å². The maximum atomic E-state index is 11.9. The van der Waals surface area contributed by atoms with E-state index in [-0.39, 0.29) is 5.91 Å². The molecule has 1 aliphatic rings. The van der Waals surface area contributed by atoms with Crippen LogP contribution >= 0.6 is 11.5 Å². The number of anilines is 1. The lowest BCUT2D eigenvalue weighted by Crippen LogP contribution is -2.25. The fourth-order valence-corrected chi connectivity index (χ4v) is 2.61. The second kappa shape index (κ2) is 5.00. The average molecular weight is 254 g/mol. The van der Waals surface area contributed by atoms with Gasteiger partial charge in [-0.3, -0.25) is 4.79 Å². The molecule has 1 aromatic heterocycles. The zero-order valence-electron chi connectivity index (χ0n) is 10.4. The van der Waals surface area contributed by atoms with Crippen molar-refractivity contribution in [2.75, 3.05) is 18.9 Å².